The molecule has 0 nitrogen and oxygen atoms in total. The van der Waals surface area contributed by atoms with Crippen LogP contribution in [0.5, 0.6) is 0 Å². The Kier molecular flexibility index (Phi) is 2.76. The normalized spacial score (nSPS) is 31.6. The molecule has 0 spiro atoms. The number of rotatable bonds is 2. The zero-order chi connectivity index (χ0) is 12.3. The number of hydrogen-bond acceptors (Lipinski definition) is 1. The molecule has 3 heteroatoms. The van der Waals surface area contributed by atoms with Crippen molar-refractivity contribution in [2.24, 2.45) is 17.8 Å². The number of thiophene rings is 1. The van der Waals surface area contributed by atoms with Gasteiger partial charge in [0.05, 0.1) is 5.38 Å². The lowest BCUT2D eigenvalue weighted by molar-refractivity contribution is 0.576. The molecule has 94 valence electrons. The molecule has 0 aliphatic heterocycles. The Morgan fingerprint density at radius 1 is 1.28 bits per heavy atom. The lowest BCUT2D eigenvalue weighted by Crippen LogP contribution is -1.97. The second-order valence-corrected chi connectivity index (χ2v) is 7.75. The molecule has 3 atom stereocenters. The van der Waals surface area contributed by atoms with E-state index < -0.39 is 0 Å². The Hall–Kier alpha value is -0.0500. The van der Waals surface area contributed by atoms with Gasteiger partial charge in [-0.1, -0.05) is 18.6 Å². The topological polar surface area (TPSA) is 0 Å². The Morgan fingerprint density at radius 3 is 2.83 bits per heavy atom. The monoisotopic (exact) mass is 340 g/mol. The molecule has 4 rings (SSSR count). The molecule has 3 unspecified atom stereocenters. The molecular weight excluding hydrogens is 328 g/mol. The Morgan fingerprint density at radius 2 is 2.06 bits per heavy atom. The van der Waals surface area contributed by atoms with E-state index in [1.54, 1.807) is 0 Å². The minimum Gasteiger partial charge on any atom is -0.142 e. The molecule has 1 aromatic heterocycles. The predicted octanol–water partition coefficient (Wildman–Crippen LogP) is 5.99. The van der Waals surface area contributed by atoms with Crippen molar-refractivity contribution in [2.75, 3.05) is 0 Å². The van der Waals surface area contributed by atoms with Crippen molar-refractivity contribution in [2.45, 2.75) is 24.6 Å². The van der Waals surface area contributed by atoms with Crippen LogP contribution in [0.15, 0.2) is 28.1 Å². The minimum absolute atomic E-state index is 0.225. The molecule has 18 heavy (non-hydrogen) atoms. The summed E-state index contributed by atoms with van der Waals surface area (Å²) in [6, 6.07) is 6.43. The number of fused-ring (bicyclic) bond motifs is 2. The maximum Gasteiger partial charge on any atom is 0.0633 e. The van der Waals surface area contributed by atoms with E-state index in [-0.39, 0.29) is 5.38 Å². The number of alkyl halides is 1. The fourth-order valence-electron chi connectivity index (χ4n) is 3.77. The third-order valence-corrected chi connectivity index (χ3v) is 7.19. The summed E-state index contributed by atoms with van der Waals surface area (Å²) in [5, 5.41) is 3.84. The van der Waals surface area contributed by atoms with E-state index in [1.165, 1.54) is 39.4 Å². The quantitative estimate of drug-likeness (QED) is 0.588. The highest BCUT2D eigenvalue weighted by Gasteiger charge is 2.55. The summed E-state index contributed by atoms with van der Waals surface area (Å²) < 4.78 is 2.53. The van der Waals surface area contributed by atoms with Gasteiger partial charge in [-0.15, -0.1) is 22.9 Å². The summed E-state index contributed by atoms with van der Waals surface area (Å²) in [5.74, 6) is 2.60. The molecule has 0 N–H and O–H groups in total. The molecule has 1 heterocycles. The van der Waals surface area contributed by atoms with Crippen LogP contribution >= 0.6 is 38.9 Å². The maximum absolute atomic E-state index is 6.77. The van der Waals surface area contributed by atoms with Crippen LogP contribution < -0.4 is 0 Å². The molecule has 0 bridgehead atoms. The van der Waals surface area contributed by atoms with E-state index in [0.29, 0.717) is 0 Å². The molecule has 2 aliphatic carbocycles. The van der Waals surface area contributed by atoms with Crippen molar-refractivity contribution in [1.29, 1.82) is 0 Å². The molecule has 2 aliphatic rings. The summed E-state index contributed by atoms with van der Waals surface area (Å²) in [7, 11) is 0. The van der Waals surface area contributed by atoms with Crippen LogP contribution in [0.25, 0.3) is 10.1 Å². The van der Waals surface area contributed by atoms with Gasteiger partial charge in [0.25, 0.3) is 0 Å². The van der Waals surface area contributed by atoms with Gasteiger partial charge in [-0.25, -0.2) is 0 Å². The second-order valence-electron chi connectivity index (χ2n) is 5.55. The second kappa shape index (κ2) is 4.22. The summed E-state index contributed by atoms with van der Waals surface area (Å²) >= 11 is 12.2. The van der Waals surface area contributed by atoms with Gasteiger partial charge in [-0.2, -0.15) is 0 Å². The first-order valence-corrected chi connectivity index (χ1v) is 8.68. The van der Waals surface area contributed by atoms with Gasteiger partial charge < -0.3 is 0 Å². The summed E-state index contributed by atoms with van der Waals surface area (Å²) in [6.45, 7) is 0. The molecule has 0 radical (unpaired) electrons. The maximum atomic E-state index is 6.77. The number of halogens is 2. The molecule has 2 saturated carbocycles. The van der Waals surface area contributed by atoms with Gasteiger partial charge >= 0.3 is 0 Å². The summed E-state index contributed by atoms with van der Waals surface area (Å²) in [4.78, 5) is 0. The summed E-state index contributed by atoms with van der Waals surface area (Å²) in [5.41, 5.74) is 1.36. The third-order valence-electron chi connectivity index (χ3n) is 4.69. The fourth-order valence-corrected chi connectivity index (χ4v) is 6.06. The van der Waals surface area contributed by atoms with Crippen molar-refractivity contribution in [3.63, 3.8) is 0 Å². The zero-order valence-electron chi connectivity index (χ0n) is 9.90. The van der Waals surface area contributed by atoms with Gasteiger partial charge in [-0.3, -0.25) is 0 Å². The smallest absolute Gasteiger partial charge is 0.0633 e. The van der Waals surface area contributed by atoms with Crippen molar-refractivity contribution in [3.05, 3.63) is 33.6 Å². The Bertz CT molecular complexity index is 596. The highest BCUT2D eigenvalue weighted by Crippen LogP contribution is 2.64. The fraction of sp³-hybridized carbons (Fsp3) is 0.467. The van der Waals surface area contributed by atoms with Crippen molar-refractivity contribution >= 4 is 49.0 Å². The molecule has 1 aromatic carbocycles. The first-order valence-electron chi connectivity index (χ1n) is 6.57. The number of hydrogen-bond donors (Lipinski definition) is 0. The van der Waals surface area contributed by atoms with Gasteiger partial charge in [0, 0.05) is 9.17 Å². The van der Waals surface area contributed by atoms with Gasteiger partial charge in [-0.05, 0) is 68.9 Å². The average Bonchev–Trinajstić information content (AvgIpc) is 2.79. The van der Waals surface area contributed by atoms with Crippen LogP contribution in [0.4, 0.5) is 0 Å². The first-order chi connectivity index (χ1) is 8.77. The van der Waals surface area contributed by atoms with Crippen LogP contribution in [0.3, 0.4) is 0 Å². The highest BCUT2D eigenvalue weighted by atomic mass is 79.9. The van der Waals surface area contributed by atoms with E-state index in [1.807, 2.05) is 11.3 Å². The predicted molar refractivity (Wildman–Crippen MR) is 82.4 cm³/mol. The van der Waals surface area contributed by atoms with E-state index in [0.717, 1.165) is 17.8 Å². The molecular formula is C15H14BrClS. The van der Waals surface area contributed by atoms with Gasteiger partial charge in [0.2, 0.25) is 0 Å². The highest BCUT2D eigenvalue weighted by molar-refractivity contribution is 9.10. The van der Waals surface area contributed by atoms with E-state index in [9.17, 15) is 0 Å². The lowest BCUT2D eigenvalue weighted by Gasteiger charge is -2.11. The van der Waals surface area contributed by atoms with Gasteiger partial charge in [0.15, 0.2) is 0 Å². The molecule has 0 saturated heterocycles. The first kappa shape index (κ1) is 11.7. The van der Waals surface area contributed by atoms with E-state index in [4.69, 9.17) is 11.6 Å². The molecule has 0 amide bonds. The largest absolute Gasteiger partial charge is 0.142 e. The average molecular weight is 342 g/mol. The minimum atomic E-state index is 0.225. The standard InChI is InChI=1S/C15H14BrClS/c16-12-6-2-5-10-11(7-18-15(10)12)14(17)13-8-3-1-4-9(8)13/h2,5-9,13-14H,1,3-4H2. The molecule has 2 fully saturated rings. The van der Waals surface area contributed by atoms with Crippen molar-refractivity contribution < 1.29 is 0 Å². The van der Waals surface area contributed by atoms with E-state index >= 15 is 0 Å². The van der Waals surface area contributed by atoms with Crippen LogP contribution in [0.2, 0.25) is 0 Å². The Labute approximate surface area is 124 Å². The number of benzene rings is 1. The third kappa shape index (κ3) is 1.62. The summed E-state index contributed by atoms with van der Waals surface area (Å²) in [6.07, 6.45) is 4.24. The SMILES string of the molecule is ClC(c1csc2c(Br)cccc12)C1C2CCCC21. The zero-order valence-corrected chi connectivity index (χ0v) is 13.1. The Balaban J connectivity index is 1.72. The molecule has 2 aromatic rings. The van der Waals surface area contributed by atoms with Crippen LogP contribution in [0.1, 0.15) is 30.2 Å². The van der Waals surface area contributed by atoms with Crippen LogP contribution in [-0.4, -0.2) is 0 Å². The van der Waals surface area contributed by atoms with Crippen LogP contribution in [0, 0.1) is 17.8 Å². The van der Waals surface area contributed by atoms with Gasteiger partial charge in [0.1, 0.15) is 0 Å². The van der Waals surface area contributed by atoms with Crippen molar-refractivity contribution in [1.82, 2.24) is 0 Å². The van der Waals surface area contributed by atoms with E-state index in [2.05, 4.69) is 39.5 Å². The lowest BCUT2D eigenvalue weighted by atomic mass is 10.0. The van der Waals surface area contributed by atoms with Crippen molar-refractivity contribution in [3.8, 4) is 0 Å². The van der Waals surface area contributed by atoms with Crippen LogP contribution in [-0.2, 0) is 0 Å².